The minimum absolute atomic E-state index is 0.0527. The van der Waals surface area contributed by atoms with E-state index in [4.69, 9.17) is 4.52 Å². The van der Waals surface area contributed by atoms with Crippen molar-refractivity contribution in [1.82, 2.24) is 15.0 Å². The average molecular weight is 377 g/mol. The highest BCUT2D eigenvalue weighted by atomic mass is 16.5. The summed E-state index contributed by atoms with van der Waals surface area (Å²) >= 11 is 0. The molecule has 2 fully saturated rings. The minimum Gasteiger partial charge on any atom is -0.360 e. The summed E-state index contributed by atoms with van der Waals surface area (Å²) in [5.41, 5.74) is 0. The molecular weight excluding hydrogens is 344 g/mol. The van der Waals surface area contributed by atoms with Gasteiger partial charge in [0.1, 0.15) is 5.76 Å². The van der Waals surface area contributed by atoms with Crippen molar-refractivity contribution in [2.75, 3.05) is 31.5 Å². The fourth-order valence-electron chi connectivity index (χ4n) is 4.25. The van der Waals surface area contributed by atoms with Crippen molar-refractivity contribution in [2.24, 2.45) is 5.92 Å². The van der Waals surface area contributed by atoms with Gasteiger partial charge in [0, 0.05) is 25.1 Å². The van der Waals surface area contributed by atoms with E-state index in [9.17, 15) is 9.59 Å². The molecule has 0 spiro atoms. The molecule has 0 aromatic carbocycles. The van der Waals surface area contributed by atoms with Gasteiger partial charge in [-0.05, 0) is 52.1 Å². The lowest BCUT2D eigenvalue weighted by molar-refractivity contribution is -0.137. The summed E-state index contributed by atoms with van der Waals surface area (Å²) in [4.78, 5) is 29.8. The van der Waals surface area contributed by atoms with E-state index in [0.717, 1.165) is 58.3 Å². The third-order valence-corrected chi connectivity index (χ3v) is 5.81. The number of carbonyl (C=O) groups excluding carboxylic acids is 2. The van der Waals surface area contributed by atoms with Gasteiger partial charge in [-0.15, -0.1) is 0 Å². The Morgan fingerprint density at radius 1 is 1.19 bits per heavy atom. The molecule has 27 heavy (non-hydrogen) atoms. The van der Waals surface area contributed by atoms with Gasteiger partial charge in [0.25, 0.3) is 0 Å². The van der Waals surface area contributed by atoms with Crippen LogP contribution in [0.4, 0.5) is 5.82 Å². The molecule has 7 heteroatoms. The summed E-state index contributed by atoms with van der Waals surface area (Å²) in [6, 6.07) is 1.52. The first-order valence-electron chi connectivity index (χ1n) is 10.4. The van der Waals surface area contributed by atoms with E-state index in [1.807, 2.05) is 6.92 Å². The van der Waals surface area contributed by atoms with Crippen LogP contribution in [0.3, 0.4) is 0 Å². The molecule has 2 aliphatic rings. The summed E-state index contributed by atoms with van der Waals surface area (Å²) in [5.74, 6) is 1.52. The maximum absolute atomic E-state index is 12.8. The van der Waals surface area contributed by atoms with Crippen molar-refractivity contribution in [1.29, 1.82) is 0 Å². The molecule has 7 nitrogen and oxygen atoms in total. The van der Waals surface area contributed by atoms with Crippen LogP contribution in [0.15, 0.2) is 10.6 Å². The highest BCUT2D eigenvalue weighted by Crippen LogP contribution is 2.24. The monoisotopic (exact) mass is 376 g/mol. The Labute approximate surface area is 161 Å². The molecule has 1 aromatic rings. The maximum Gasteiger partial charge on any atom is 0.242 e. The number of anilines is 1. The summed E-state index contributed by atoms with van der Waals surface area (Å²) in [6.45, 7) is 7.22. The number of hydrogen-bond donors (Lipinski definition) is 1. The van der Waals surface area contributed by atoms with Crippen LogP contribution >= 0.6 is 0 Å². The molecule has 150 valence electrons. The Balaban J connectivity index is 1.51. The molecule has 1 atom stereocenters. The Morgan fingerprint density at radius 2 is 1.85 bits per heavy atom. The smallest absolute Gasteiger partial charge is 0.242 e. The van der Waals surface area contributed by atoms with Crippen molar-refractivity contribution < 1.29 is 14.1 Å². The lowest BCUT2D eigenvalue weighted by Gasteiger charge is -2.37. The quantitative estimate of drug-likeness (QED) is 0.855. The molecule has 0 bridgehead atoms. The van der Waals surface area contributed by atoms with Crippen LogP contribution in [0.2, 0.25) is 0 Å². The molecule has 1 aromatic heterocycles. The second kappa shape index (κ2) is 9.35. The number of rotatable bonds is 5. The van der Waals surface area contributed by atoms with Gasteiger partial charge < -0.3 is 14.7 Å². The second-order valence-corrected chi connectivity index (χ2v) is 7.79. The van der Waals surface area contributed by atoms with Crippen LogP contribution in [0.25, 0.3) is 0 Å². The zero-order valence-electron chi connectivity index (χ0n) is 16.6. The van der Waals surface area contributed by atoms with Crippen LogP contribution in [-0.2, 0) is 9.59 Å². The SMILES string of the molecule is CCC(C(=O)Nc1cc(C)on1)N1CCC(C(=O)N2CCCCCC2)CC1. The van der Waals surface area contributed by atoms with E-state index < -0.39 is 0 Å². The number of nitrogens with zero attached hydrogens (tertiary/aromatic N) is 3. The fraction of sp³-hybridized carbons (Fsp3) is 0.750. The van der Waals surface area contributed by atoms with Crippen molar-refractivity contribution in [3.8, 4) is 0 Å². The van der Waals surface area contributed by atoms with Gasteiger partial charge in [-0.1, -0.05) is 24.9 Å². The molecule has 1 N–H and O–H groups in total. The number of hydrogen-bond acceptors (Lipinski definition) is 5. The van der Waals surface area contributed by atoms with Gasteiger partial charge in [0.2, 0.25) is 11.8 Å². The van der Waals surface area contributed by atoms with E-state index in [-0.39, 0.29) is 17.9 Å². The molecule has 1 unspecified atom stereocenters. The number of carbonyl (C=O) groups is 2. The Bertz CT molecular complexity index is 629. The first-order chi connectivity index (χ1) is 13.1. The van der Waals surface area contributed by atoms with Crippen molar-refractivity contribution in [3.63, 3.8) is 0 Å². The van der Waals surface area contributed by atoms with Gasteiger partial charge in [-0.3, -0.25) is 14.5 Å². The van der Waals surface area contributed by atoms with Gasteiger partial charge >= 0.3 is 0 Å². The largest absolute Gasteiger partial charge is 0.360 e. The Hall–Kier alpha value is -1.89. The van der Waals surface area contributed by atoms with E-state index in [2.05, 4.69) is 20.3 Å². The number of aryl methyl sites for hydroxylation is 1. The summed E-state index contributed by atoms with van der Waals surface area (Å²) in [7, 11) is 0. The number of amides is 2. The molecule has 3 rings (SSSR count). The average Bonchev–Trinajstić information content (AvgIpc) is 2.92. The van der Waals surface area contributed by atoms with E-state index >= 15 is 0 Å². The van der Waals surface area contributed by atoms with Gasteiger partial charge in [-0.2, -0.15) is 0 Å². The van der Waals surface area contributed by atoms with Crippen LogP contribution in [-0.4, -0.2) is 59.0 Å². The molecule has 0 saturated carbocycles. The summed E-state index contributed by atoms with van der Waals surface area (Å²) < 4.78 is 5.01. The molecule has 2 amide bonds. The topological polar surface area (TPSA) is 78.7 Å². The molecule has 2 aliphatic heterocycles. The van der Waals surface area contributed by atoms with Crippen LogP contribution < -0.4 is 5.32 Å². The standard InChI is InChI=1S/C20H32N4O3/c1-3-17(19(25)21-18-14-15(2)27-22-18)23-12-8-16(9-13-23)20(26)24-10-6-4-5-7-11-24/h14,16-17H,3-13H2,1-2H3,(H,21,22,25). The highest BCUT2D eigenvalue weighted by molar-refractivity contribution is 5.94. The predicted octanol–water partition coefficient (Wildman–Crippen LogP) is 2.81. The molecule has 0 radical (unpaired) electrons. The van der Waals surface area contributed by atoms with E-state index in [0.29, 0.717) is 17.5 Å². The number of piperidine rings is 1. The summed E-state index contributed by atoms with van der Waals surface area (Å²) in [5, 5.41) is 6.68. The van der Waals surface area contributed by atoms with Crippen molar-refractivity contribution in [2.45, 2.75) is 64.8 Å². The third-order valence-electron chi connectivity index (χ3n) is 5.81. The molecule has 3 heterocycles. The highest BCUT2D eigenvalue weighted by Gasteiger charge is 2.33. The lowest BCUT2D eigenvalue weighted by atomic mass is 9.93. The minimum atomic E-state index is -0.198. The zero-order valence-corrected chi connectivity index (χ0v) is 16.6. The predicted molar refractivity (Wildman–Crippen MR) is 103 cm³/mol. The number of nitrogens with one attached hydrogen (secondary N) is 1. The lowest BCUT2D eigenvalue weighted by Crippen LogP contribution is -2.49. The Morgan fingerprint density at radius 3 is 2.41 bits per heavy atom. The zero-order chi connectivity index (χ0) is 19.2. The van der Waals surface area contributed by atoms with Gasteiger partial charge in [0.15, 0.2) is 5.82 Å². The normalized spacial score (nSPS) is 20.9. The van der Waals surface area contributed by atoms with E-state index in [1.165, 1.54) is 12.8 Å². The van der Waals surface area contributed by atoms with Crippen molar-refractivity contribution in [3.05, 3.63) is 11.8 Å². The van der Waals surface area contributed by atoms with Crippen LogP contribution in [0.5, 0.6) is 0 Å². The first-order valence-corrected chi connectivity index (χ1v) is 10.4. The van der Waals surface area contributed by atoms with E-state index in [1.54, 1.807) is 13.0 Å². The first kappa shape index (κ1) is 19.9. The number of aromatic nitrogens is 1. The van der Waals surface area contributed by atoms with Crippen LogP contribution in [0, 0.1) is 12.8 Å². The van der Waals surface area contributed by atoms with Crippen molar-refractivity contribution >= 4 is 17.6 Å². The second-order valence-electron chi connectivity index (χ2n) is 7.79. The fourth-order valence-corrected chi connectivity index (χ4v) is 4.25. The maximum atomic E-state index is 12.8. The van der Waals surface area contributed by atoms with Gasteiger partial charge in [0.05, 0.1) is 6.04 Å². The molecular formula is C20H32N4O3. The summed E-state index contributed by atoms with van der Waals surface area (Å²) in [6.07, 6.45) is 7.13. The molecule has 0 aliphatic carbocycles. The molecule has 2 saturated heterocycles. The number of likely N-dealkylation sites (tertiary alicyclic amines) is 2. The van der Waals surface area contributed by atoms with Gasteiger partial charge in [-0.25, -0.2) is 0 Å². The van der Waals surface area contributed by atoms with Crippen LogP contribution in [0.1, 0.15) is 57.6 Å². The third kappa shape index (κ3) is 5.09. The Kier molecular flexibility index (Phi) is 6.88.